The normalized spacial score (nSPS) is 17.3. The van der Waals surface area contributed by atoms with Gasteiger partial charge in [-0.15, -0.1) is 0 Å². The van der Waals surface area contributed by atoms with E-state index in [0.717, 1.165) is 13.1 Å². The van der Waals surface area contributed by atoms with Gasteiger partial charge in [0.05, 0.1) is 6.04 Å². The lowest BCUT2D eigenvalue weighted by atomic mass is 10.2. The Kier molecular flexibility index (Phi) is 6.08. The fraction of sp³-hybridized carbons (Fsp3) is 0.846. The minimum Gasteiger partial charge on any atom is -0.338 e. The second-order valence-electron chi connectivity index (χ2n) is 4.78. The van der Waals surface area contributed by atoms with Crippen LogP contribution in [0.5, 0.6) is 0 Å². The highest BCUT2D eigenvalue weighted by molar-refractivity contribution is 5.82. The van der Waals surface area contributed by atoms with E-state index in [9.17, 15) is 9.59 Å². The van der Waals surface area contributed by atoms with E-state index in [0.29, 0.717) is 32.6 Å². The van der Waals surface area contributed by atoms with Crippen LogP contribution in [-0.4, -0.2) is 71.9 Å². The highest BCUT2D eigenvalue weighted by atomic mass is 16.2. The predicted octanol–water partition coefficient (Wildman–Crippen LogP) is 0.330. The Balaban J connectivity index is 2.49. The number of nitrogens with two attached hydrogens (primary N) is 1. The molecule has 1 fully saturated rings. The molecule has 1 rings (SSSR count). The number of amides is 3. The van der Waals surface area contributed by atoms with Crippen molar-refractivity contribution in [2.24, 2.45) is 5.73 Å². The van der Waals surface area contributed by atoms with Crippen LogP contribution in [0.4, 0.5) is 4.79 Å². The first-order chi connectivity index (χ1) is 9.04. The second kappa shape index (κ2) is 7.33. The molecule has 6 nitrogen and oxygen atoms in total. The molecule has 0 spiro atoms. The fourth-order valence-corrected chi connectivity index (χ4v) is 2.22. The Labute approximate surface area is 115 Å². The predicted molar refractivity (Wildman–Crippen MR) is 74.7 cm³/mol. The Bertz CT molecular complexity index is 310. The molecule has 0 unspecified atom stereocenters. The first-order valence-corrected chi connectivity index (χ1v) is 7.13. The van der Waals surface area contributed by atoms with E-state index in [-0.39, 0.29) is 11.9 Å². The SMILES string of the molecule is CC[C@H](N)C(=O)N1CCN(C(=O)N(CC)CC)CC1. The van der Waals surface area contributed by atoms with E-state index in [1.807, 2.05) is 25.7 Å². The van der Waals surface area contributed by atoms with E-state index in [1.54, 1.807) is 9.80 Å². The largest absolute Gasteiger partial charge is 0.338 e. The first-order valence-electron chi connectivity index (χ1n) is 7.13. The Morgan fingerprint density at radius 2 is 1.53 bits per heavy atom. The van der Waals surface area contributed by atoms with Gasteiger partial charge in [0.25, 0.3) is 0 Å². The number of rotatable bonds is 4. The van der Waals surface area contributed by atoms with Crippen molar-refractivity contribution in [1.29, 1.82) is 0 Å². The molecule has 0 aromatic rings. The van der Waals surface area contributed by atoms with Crippen LogP contribution in [0.1, 0.15) is 27.2 Å². The van der Waals surface area contributed by atoms with Crippen molar-refractivity contribution >= 4 is 11.9 Å². The van der Waals surface area contributed by atoms with Crippen molar-refractivity contribution in [1.82, 2.24) is 14.7 Å². The maximum atomic E-state index is 12.2. The zero-order chi connectivity index (χ0) is 14.4. The van der Waals surface area contributed by atoms with Gasteiger partial charge in [0.2, 0.25) is 5.91 Å². The van der Waals surface area contributed by atoms with Gasteiger partial charge in [-0.05, 0) is 20.3 Å². The van der Waals surface area contributed by atoms with Crippen molar-refractivity contribution in [2.45, 2.75) is 33.2 Å². The Hall–Kier alpha value is -1.30. The molecule has 1 atom stereocenters. The van der Waals surface area contributed by atoms with Crippen LogP contribution in [0.15, 0.2) is 0 Å². The molecule has 1 aliphatic heterocycles. The topological polar surface area (TPSA) is 69.9 Å². The van der Waals surface area contributed by atoms with Crippen LogP contribution in [0.25, 0.3) is 0 Å². The molecular weight excluding hydrogens is 244 g/mol. The summed E-state index contributed by atoms with van der Waals surface area (Å²) >= 11 is 0. The van der Waals surface area contributed by atoms with E-state index in [4.69, 9.17) is 5.73 Å². The number of hydrogen-bond donors (Lipinski definition) is 1. The van der Waals surface area contributed by atoms with E-state index >= 15 is 0 Å². The number of hydrogen-bond acceptors (Lipinski definition) is 3. The summed E-state index contributed by atoms with van der Waals surface area (Å²) in [5.74, 6) is -0.00237. The van der Waals surface area contributed by atoms with Gasteiger partial charge in [-0.2, -0.15) is 0 Å². The number of carbonyl (C=O) groups excluding carboxylic acids is 2. The molecule has 6 heteroatoms. The lowest BCUT2D eigenvalue weighted by molar-refractivity contribution is -0.134. The smallest absolute Gasteiger partial charge is 0.320 e. The molecule has 1 aliphatic rings. The van der Waals surface area contributed by atoms with Gasteiger partial charge in [0, 0.05) is 39.3 Å². The fourth-order valence-electron chi connectivity index (χ4n) is 2.22. The summed E-state index contributed by atoms with van der Waals surface area (Å²) in [4.78, 5) is 29.5. The first kappa shape index (κ1) is 15.8. The summed E-state index contributed by atoms with van der Waals surface area (Å²) in [6.45, 7) is 9.64. The zero-order valence-electron chi connectivity index (χ0n) is 12.3. The lowest BCUT2D eigenvalue weighted by Gasteiger charge is -2.37. The molecule has 1 heterocycles. The standard InChI is InChI=1S/C13H26N4O2/c1-4-11(14)12(18)16-7-9-17(10-8-16)13(19)15(5-2)6-3/h11H,4-10,14H2,1-3H3/t11-/m0/s1. The van der Waals surface area contributed by atoms with Gasteiger partial charge in [0.1, 0.15) is 0 Å². The van der Waals surface area contributed by atoms with Crippen LogP contribution < -0.4 is 5.73 Å². The van der Waals surface area contributed by atoms with Gasteiger partial charge >= 0.3 is 6.03 Å². The average molecular weight is 270 g/mol. The summed E-state index contributed by atoms with van der Waals surface area (Å²) in [6.07, 6.45) is 0.650. The molecule has 2 N–H and O–H groups in total. The molecule has 0 radical (unpaired) electrons. The van der Waals surface area contributed by atoms with Gasteiger partial charge in [-0.25, -0.2) is 4.79 Å². The molecule has 1 saturated heterocycles. The van der Waals surface area contributed by atoms with E-state index in [1.165, 1.54) is 0 Å². The third-order valence-electron chi connectivity index (χ3n) is 3.65. The number of urea groups is 1. The lowest BCUT2D eigenvalue weighted by Crippen LogP contribution is -2.56. The molecule has 0 aromatic carbocycles. The van der Waals surface area contributed by atoms with E-state index in [2.05, 4.69) is 0 Å². The average Bonchev–Trinajstić information content (AvgIpc) is 2.47. The summed E-state index contributed by atoms with van der Waals surface area (Å²) in [5, 5.41) is 0. The van der Waals surface area contributed by atoms with Crippen LogP contribution in [0.2, 0.25) is 0 Å². The van der Waals surface area contributed by atoms with Crippen LogP contribution in [0.3, 0.4) is 0 Å². The van der Waals surface area contributed by atoms with Crippen molar-refractivity contribution < 1.29 is 9.59 Å². The molecule has 0 aromatic heterocycles. The van der Waals surface area contributed by atoms with Crippen molar-refractivity contribution in [2.75, 3.05) is 39.3 Å². The Morgan fingerprint density at radius 3 is 1.95 bits per heavy atom. The van der Waals surface area contributed by atoms with Crippen LogP contribution in [-0.2, 0) is 4.79 Å². The molecule has 3 amide bonds. The molecule has 0 bridgehead atoms. The Morgan fingerprint density at radius 1 is 1.05 bits per heavy atom. The summed E-state index contributed by atoms with van der Waals surface area (Å²) in [5.41, 5.74) is 5.75. The molecule has 110 valence electrons. The maximum Gasteiger partial charge on any atom is 0.320 e. The quantitative estimate of drug-likeness (QED) is 0.800. The summed E-state index contributed by atoms with van der Waals surface area (Å²) in [7, 11) is 0. The van der Waals surface area contributed by atoms with Crippen molar-refractivity contribution in [3.63, 3.8) is 0 Å². The molecule has 0 aliphatic carbocycles. The summed E-state index contributed by atoms with van der Waals surface area (Å²) < 4.78 is 0. The van der Waals surface area contributed by atoms with Crippen LogP contribution in [0, 0.1) is 0 Å². The van der Waals surface area contributed by atoms with Gasteiger partial charge in [-0.3, -0.25) is 4.79 Å². The van der Waals surface area contributed by atoms with Crippen LogP contribution >= 0.6 is 0 Å². The highest BCUT2D eigenvalue weighted by Gasteiger charge is 2.27. The van der Waals surface area contributed by atoms with Gasteiger partial charge < -0.3 is 20.4 Å². The monoisotopic (exact) mass is 270 g/mol. The van der Waals surface area contributed by atoms with E-state index < -0.39 is 6.04 Å². The van der Waals surface area contributed by atoms with Crippen molar-refractivity contribution in [3.05, 3.63) is 0 Å². The number of nitrogens with zero attached hydrogens (tertiary/aromatic N) is 3. The number of piperazine rings is 1. The molecular formula is C13H26N4O2. The van der Waals surface area contributed by atoms with Gasteiger partial charge in [0.15, 0.2) is 0 Å². The van der Waals surface area contributed by atoms with Gasteiger partial charge in [-0.1, -0.05) is 6.92 Å². The zero-order valence-corrected chi connectivity index (χ0v) is 12.3. The second-order valence-corrected chi connectivity index (χ2v) is 4.78. The van der Waals surface area contributed by atoms with Crippen molar-refractivity contribution in [3.8, 4) is 0 Å². The maximum absolute atomic E-state index is 12.2. The number of carbonyl (C=O) groups is 2. The molecule has 19 heavy (non-hydrogen) atoms. The molecule has 0 saturated carbocycles. The minimum absolute atomic E-state index is 0.00237. The highest BCUT2D eigenvalue weighted by Crippen LogP contribution is 2.07. The third kappa shape index (κ3) is 3.83. The summed E-state index contributed by atoms with van der Waals surface area (Å²) in [6, 6.07) is -0.345. The third-order valence-corrected chi connectivity index (χ3v) is 3.65. The minimum atomic E-state index is -0.412.